The second kappa shape index (κ2) is 7.06. The number of nitrogens with zero attached hydrogens (tertiary/aromatic N) is 3. The fourth-order valence-electron chi connectivity index (χ4n) is 1.84. The van der Waals surface area contributed by atoms with Crippen LogP contribution in [0.2, 0.25) is 0 Å². The monoisotopic (exact) mass is 280 g/mol. The third kappa shape index (κ3) is 4.32. The number of amides is 2. The van der Waals surface area contributed by atoms with Gasteiger partial charge in [0.2, 0.25) is 0 Å². The van der Waals surface area contributed by atoms with Crippen LogP contribution in [-0.4, -0.2) is 23.0 Å². The molecule has 0 saturated carbocycles. The number of nitriles is 1. The van der Waals surface area contributed by atoms with Crippen molar-refractivity contribution >= 4 is 6.03 Å². The second-order valence-electron chi connectivity index (χ2n) is 4.68. The molecule has 0 unspecified atom stereocenters. The highest BCUT2D eigenvalue weighted by Gasteiger charge is 2.08. The predicted molar refractivity (Wildman–Crippen MR) is 79.1 cm³/mol. The zero-order chi connectivity index (χ0) is 15.1. The van der Waals surface area contributed by atoms with E-state index in [9.17, 15) is 4.79 Å². The molecule has 0 saturated heterocycles. The summed E-state index contributed by atoms with van der Waals surface area (Å²) in [6.45, 7) is 0.965. The quantitative estimate of drug-likeness (QED) is 0.934. The summed E-state index contributed by atoms with van der Waals surface area (Å²) in [6.07, 6.45) is 3.39. The average Bonchev–Trinajstić information content (AvgIpc) is 2.54. The van der Waals surface area contributed by atoms with E-state index >= 15 is 0 Å². The maximum Gasteiger partial charge on any atom is 0.317 e. The van der Waals surface area contributed by atoms with Crippen molar-refractivity contribution in [1.29, 1.82) is 5.26 Å². The van der Waals surface area contributed by atoms with E-state index < -0.39 is 0 Å². The highest BCUT2D eigenvalue weighted by Crippen LogP contribution is 2.06. The lowest BCUT2D eigenvalue weighted by Gasteiger charge is -2.18. The van der Waals surface area contributed by atoms with Crippen LogP contribution in [0.15, 0.2) is 48.8 Å². The van der Waals surface area contributed by atoms with Crippen LogP contribution < -0.4 is 5.32 Å². The molecule has 0 aliphatic carbocycles. The molecule has 21 heavy (non-hydrogen) atoms. The van der Waals surface area contributed by atoms with Crippen LogP contribution in [0, 0.1) is 11.3 Å². The highest BCUT2D eigenvalue weighted by atomic mass is 16.2. The first-order valence-electron chi connectivity index (χ1n) is 6.56. The van der Waals surface area contributed by atoms with Gasteiger partial charge in [0.1, 0.15) is 0 Å². The number of aromatic nitrogens is 1. The van der Waals surface area contributed by atoms with E-state index in [1.54, 1.807) is 36.5 Å². The van der Waals surface area contributed by atoms with Crippen LogP contribution in [0.4, 0.5) is 4.79 Å². The molecule has 106 valence electrons. The van der Waals surface area contributed by atoms with Crippen LogP contribution in [0.5, 0.6) is 0 Å². The normalized spacial score (nSPS) is 9.71. The first-order valence-corrected chi connectivity index (χ1v) is 6.56. The molecule has 0 aliphatic rings. The minimum atomic E-state index is -0.142. The van der Waals surface area contributed by atoms with Crippen LogP contribution in [0.1, 0.15) is 16.7 Å². The smallest absolute Gasteiger partial charge is 0.317 e. The molecule has 2 amide bonds. The van der Waals surface area contributed by atoms with Gasteiger partial charge in [-0.15, -0.1) is 0 Å². The Labute approximate surface area is 123 Å². The van der Waals surface area contributed by atoms with Gasteiger partial charge < -0.3 is 10.2 Å². The largest absolute Gasteiger partial charge is 0.334 e. The molecule has 1 aromatic heterocycles. The Morgan fingerprint density at radius 3 is 2.48 bits per heavy atom. The molecular weight excluding hydrogens is 264 g/mol. The van der Waals surface area contributed by atoms with Crippen molar-refractivity contribution in [2.75, 3.05) is 7.05 Å². The molecule has 0 radical (unpaired) electrons. The number of benzene rings is 1. The first-order chi connectivity index (χ1) is 10.2. The maximum absolute atomic E-state index is 12.0. The summed E-state index contributed by atoms with van der Waals surface area (Å²) < 4.78 is 0. The maximum atomic E-state index is 12.0. The molecule has 0 spiro atoms. The van der Waals surface area contributed by atoms with Crippen LogP contribution in [0.3, 0.4) is 0 Å². The summed E-state index contributed by atoms with van der Waals surface area (Å²) in [5.41, 5.74) is 2.60. The number of pyridine rings is 1. The standard InChI is InChI=1S/C16H16N4O/c1-20(12-15-4-2-13(10-17)3-5-15)16(21)19-11-14-6-8-18-9-7-14/h2-9H,11-12H2,1H3,(H,19,21). The topological polar surface area (TPSA) is 69.0 Å². The van der Waals surface area contributed by atoms with Gasteiger partial charge in [0, 0.05) is 32.5 Å². The van der Waals surface area contributed by atoms with Gasteiger partial charge in [0.15, 0.2) is 0 Å². The SMILES string of the molecule is CN(Cc1ccc(C#N)cc1)C(=O)NCc1ccncc1. The summed E-state index contributed by atoms with van der Waals surface area (Å²) in [5.74, 6) is 0. The minimum Gasteiger partial charge on any atom is -0.334 e. The molecular formula is C16H16N4O. The molecule has 0 bridgehead atoms. The molecule has 0 atom stereocenters. The molecule has 5 heteroatoms. The van der Waals surface area contributed by atoms with Crippen molar-refractivity contribution in [3.63, 3.8) is 0 Å². The fourth-order valence-corrected chi connectivity index (χ4v) is 1.84. The molecule has 2 rings (SSSR count). The zero-order valence-corrected chi connectivity index (χ0v) is 11.8. The van der Waals surface area contributed by atoms with E-state index in [0.717, 1.165) is 11.1 Å². The Morgan fingerprint density at radius 2 is 1.86 bits per heavy atom. The Hall–Kier alpha value is -2.87. The van der Waals surface area contributed by atoms with Gasteiger partial charge in [0.05, 0.1) is 11.6 Å². The lowest BCUT2D eigenvalue weighted by molar-refractivity contribution is 0.206. The van der Waals surface area contributed by atoms with Gasteiger partial charge in [-0.05, 0) is 35.4 Å². The molecule has 1 N–H and O–H groups in total. The van der Waals surface area contributed by atoms with E-state index in [4.69, 9.17) is 5.26 Å². The Bertz CT molecular complexity index is 632. The second-order valence-corrected chi connectivity index (χ2v) is 4.68. The number of carbonyl (C=O) groups is 1. The highest BCUT2D eigenvalue weighted by molar-refractivity contribution is 5.73. The molecule has 1 heterocycles. The number of rotatable bonds is 4. The summed E-state index contributed by atoms with van der Waals surface area (Å²) in [6, 6.07) is 12.9. The number of hydrogen-bond acceptors (Lipinski definition) is 3. The molecule has 5 nitrogen and oxygen atoms in total. The van der Waals surface area contributed by atoms with Gasteiger partial charge in [-0.2, -0.15) is 5.26 Å². The van der Waals surface area contributed by atoms with Crippen molar-refractivity contribution in [2.24, 2.45) is 0 Å². The lowest BCUT2D eigenvalue weighted by Crippen LogP contribution is -2.36. The van der Waals surface area contributed by atoms with Crippen molar-refractivity contribution in [2.45, 2.75) is 13.1 Å². The lowest BCUT2D eigenvalue weighted by atomic mass is 10.1. The Kier molecular flexibility index (Phi) is 4.89. The predicted octanol–water partition coefficient (Wildman–Crippen LogP) is 2.29. The van der Waals surface area contributed by atoms with Gasteiger partial charge in [-0.25, -0.2) is 4.79 Å². The van der Waals surface area contributed by atoms with Crippen molar-refractivity contribution in [1.82, 2.24) is 15.2 Å². The number of urea groups is 1. The van der Waals surface area contributed by atoms with E-state index in [0.29, 0.717) is 18.7 Å². The molecule has 0 aliphatic heterocycles. The van der Waals surface area contributed by atoms with E-state index in [1.807, 2.05) is 24.3 Å². The summed E-state index contributed by atoms with van der Waals surface area (Å²) in [7, 11) is 1.74. The van der Waals surface area contributed by atoms with Crippen molar-refractivity contribution in [3.05, 3.63) is 65.5 Å². The summed E-state index contributed by atoms with van der Waals surface area (Å²) >= 11 is 0. The minimum absolute atomic E-state index is 0.142. The zero-order valence-electron chi connectivity index (χ0n) is 11.8. The third-order valence-corrected chi connectivity index (χ3v) is 3.04. The van der Waals surface area contributed by atoms with Gasteiger partial charge in [-0.1, -0.05) is 12.1 Å². The van der Waals surface area contributed by atoms with Gasteiger partial charge >= 0.3 is 6.03 Å². The van der Waals surface area contributed by atoms with E-state index in [-0.39, 0.29) is 6.03 Å². The van der Waals surface area contributed by atoms with Crippen molar-refractivity contribution in [3.8, 4) is 6.07 Å². The average molecular weight is 280 g/mol. The third-order valence-electron chi connectivity index (χ3n) is 3.04. The van der Waals surface area contributed by atoms with Crippen LogP contribution in [-0.2, 0) is 13.1 Å². The van der Waals surface area contributed by atoms with E-state index in [1.165, 1.54) is 0 Å². The number of nitrogens with one attached hydrogen (secondary N) is 1. The number of carbonyl (C=O) groups excluding carboxylic acids is 1. The van der Waals surface area contributed by atoms with E-state index in [2.05, 4.69) is 16.4 Å². The van der Waals surface area contributed by atoms with Gasteiger partial charge in [-0.3, -0.25) is 4.98 Å². The molecule has 0 fully saturated rings. The fraction of sp³-hybridized carbons (Fsp3) is 0.188. The summed E-state index contributed by atoms with van der Waals surface area (Å²) in [5, 5.41) is 11.6. The molecule has 2 aromatic rings. The van der Waals surface area contributed by atoms with Crippen molar-refractivity contribution < 1.29 is 4.79 Å². The number of hydrogen-bond donors (Lipinski definition) is 1. The Morgan fingerprint density at radius 1 is 1.19 bits per heavy atom. The summed E-state index contributed by atoms with van der Waals surface area (Å²) in [4.78, 5) is 17.5. The van der Waals surface area contributed by atoms with Gasteiger partial charge in [0.25, 0.3) is 0 Å². The Balaban J connectivity index is 1.86. The van der Waals surface area contributed by atoms with Crippen LogP contribution in [0.25, 0.3) is 0 Å². The first kappa shape index (κ1) is 14.5. The van der Waals surface area contributed by atoms with Crippen LogP contribution >= 0.6 is 0 Å². The molecule has 1 aromatic carbocycles.